The minimum Gasteiger partial charge on any atom is -0.396 e. The Bertz CT molecular complexity index is 829. The summed E-state index contributed by atoms with van der Waals surface area (Å²) in [6.07, 6.45) is -9.83. The molecule has 0 saturated carbocycles. The molecule has 0 aliphatic rings. The number of aliphatic hydroxyl groups excluding tert-OH is 1. The number of Topliss-reactive ketones (excluding diaryl/α,β-unsaturated/α-hetero) is 1. The summed E-state index contributed by atoms with van der Waals surface area (Å²) >= 11 is 0. The van der Waals surface area contributed by atoms with Gasteiger partial charge in [0.15, 0.2) is 5.78 Å². The highest BCUT2D eigenvalue weighted by molar-refractivity contribution is 5.98. The van der Waals surface area contributed by atoms with Crippen LogP contribution in [0.4, 0.5) is 30.7 Å². The summed E-state index contributed by atoms with van der Waals surface area (Å²) in [6.45, 7) is -0.620. The second-order valence-corrected chi connectivity index (χ2v) is 6.61. The molecule has 0 aliphatic carbocycles. The predicted molar refractivity (Wildman–Crippen MR) is 94.5 cm³/mol. The molecular weight excluding hydrogens is 419 g/mol. The molecule has 0 bridgehead atoms. The predicted octanol–water partition coefficient (Wildman–Crippen LogP) is 4.80. The van der Waals surface area contributed by atoms with Crippen molar-refractivity contribution >= 4 is 5.78 Å². The number of halogens is 7. The molecular formula is C20H18F7NO2. The molecule has 0 fully saturated rings. The highest BCUT2D eigenvalue weighted by atomic mass is 19.4. The van der Waals surface area contributed by atoms with Crippen LogP contribution in [0, 0.1) is 5.82 Å². The smallest absolute Gasteiger partial charge is 0.396 e. The SMILES string of the molecule is O=C(CNCC(CCO)c1ccc(F)cc1)c1cc(C(F)(F)F)cc(C(F)(F)F)c1. The zero-order valence-electron chi connectivity index (χ0n) is 15.4. The van der Waals surface area contributed by atoms with Gasteiger partial charge >= 0.3 is 12.4 Å². The normalized spacial score (nSPS) is 13.3. The van der Waals surface area contributed by atoms with Crippen molar-refractivity contribution in [2.45, 2.75) is 24.7 Å². The van der Waals surface area contributed by atoms with Crippen LogP contribution in [-0.4, -0.2) is 30.6 Å². The number of alkyl halides is 6. The van der Waals surface area contributed by atoms with Gasteiger partial charge in [0.1, 0.15) is 5.82 Å². The molecule has 2 rings (SSSR count). The van der Waals surface area contributed by atoms with Crippen LogP contribution in [0.25, 0.3) is 0 Å². The highest BCUT2D eigenvalue weighted by Crippen LogP contribution is 2.36. The summed E-state index contributed by atoms with van der Waals surface area (Å²) in [6, 6.07) is 6.12. The Hall–Kier alpha value is -2.46. The van der Waals surface area contributed by atoms with Gasteiger partial charge in [-0.1, -0.05) is 12.1 Å². The van der Waals surface area contributed by atoms with Crippen molar-refractivity contribution in [3.8, 4) is 0 Å². The molecule has 10 heteroatoms. The van der Waals surface area contributed by atoms with E-state index in [0.717, 1.165) is 0 Å². The van der Waals surface area contributed by atoms with Crippen molar-refractivity contribution in [2.24, 2.45) is 0 Å². The minimum atomic E-state index is -5.04. The van der Waals surface area contributed by atoms with Gasteiger partial charge in [-0.2, -0.15) is 26.3 Å². The topological polar surface area (TPSA) is 49.3 Å². The van der Waals surface area contributed by atoms with E-state index in [1.54, 1.807) is 0 Å². The quantitative estimate of drug-likeness (QED) is 0.461. The first kappa shape index (κ1) is 23.8. The van der Waals surface area contributed by atoms with E-state index in [1.165, 1.54) is 24.3 Å². The molecule has 0 aromatic heterocycles. The second kappa shape index (κ2) is 9.57. The fourth-order valence-corrected chi connectivity index (χ4v) is 2.86. The Labute approximate surface area is 167 Å². The third-order valence-corrected chi connectivity index (χ3v) is 4.40. The second-order valence-electron chi connectivity index (χ2n) is 6.61. The molecule has 0 radical (unpaired) electrons. The molecule has 1 atom stereocenters. The van der Waals surface area contributed by atoms with Crippen LogP contribution >= 0.6 is 0 Å². The lowest BCUT2D eigenvalue weighted by Crippen LogP contribution is -2.28. The lowest BCUT2D eigenvalue weighted by molar-refractivity contribution is -0.143. The Morgan fingerprint density at radius 1 is 0.933 bits per heavy atom. The fraction of sp³-hybridized carbons (Fsp3) is 0.350. The van der Waals surface area contributed by atoms with Gasteiger partial charge in [-0.3, -0.25) is 4.79 Å². The maximum absolute atomic E-state index is 13.0. The first-order valence-corrected chi connectivity index (χ1v) is 8.81. The Morgan fingerprint density at radius 2 is 1.47 bits per heavy atom. The lowest BCUT2D eigenvalue weighted by atomic mass is 9.95. The Kier molecular flexibility index (Phi) is 7.59. The maximum Gasteiger partial charge on any atom is 0.416 e. The van der Waals surface area contributed by atoms with E-state index in [4.69, 9.17) is 0 Å². The van der Waals surface area contributed by atoms with Crippen LogP contribution in [0.5, 0.6) is 0 Å². The third-order valence-electron chi connectivity index (χ3n) is 4.40. The number of rotatable bonds is 8. The summed E-state index contributed by atoms with van der Waals surface area (Å²) in [5, 5.41) is 11.9. The van der Waals surface area contributed by atoms with Gasteiger partial charge in [0.25, 0.3) is 0 Å². The fourth-order valence-electron chi connectivity index (χ4n) is 2.86. The van der Waals surface area contributed by atoms with Gasteiger partial charge in [0, 0.05) is 18.7 Å². The molecule has 2 N–H and O–H groups in total. The van der Waals surface area contributed by atoms with E-state index < -0.39 is 47.2 Å². The molecule has 0 spiro atoms. The molecule has 30 heavy (non-hydrogen) atoms. The molecule has 0 saturated heterocycles. The van der Waals surface area contributed by atoms with E-state index >= 15 is 0 Å². The Morgan fingerprint density at radius 3 is 1.93 bits per heavy atom. The van der Waals surface area contributed by atoms with Crippen LogP contribution in [0.15, 0.2) is 42.5 Å². The largest absolute Gasteiger partial charge is 0.416 e. The number of carbonyl (C=O) groups is 1. The van der Waals surface area contributed by atoms with E-state index in [1.807, 2.05) is 0 Å². The van der Waals surface area contributed by atoms with Crippen LogP contribution in [0.1, 0.15) is 39.4 Å². The van der Waals surface area contributed by atoms with Gasteiger partial charge in [-0.15, -0.1) is 0 Å². The molecule has 2 aromatic carbocycles. The molecule has 3 nitrogen and oxygen atoms in total. The third kappa shape index (κ3) is 6.53. The number of hydrogen-bond donors (Lipinski definition) is 2. The van der Waals surface area contributed by atoms with Gasteiger partial charge in [-0.25, -0.2) is 4.39 Å². The van der Waals surface area contributed by atoms with Crippen LogP contribution in [-0.2, 0) is 12.4 Å². The zero-order valence-corrected chi connectivity index (χ0v) is 15.4. The molecule has 0 aliphatic heterocycles. The summed E-state index contributed by atoms with van der Waals surface area (Å²) in [5.41, 5.74) is -3.19. The number of nitrogens with one attached hydrogen (secondary N) is 1. The average Bonchev–Trinajstić information content (AvgIpc) is 2.66. The van der Waals surface area contributed by atoms with E-state index in [-0.39, 0.29) is 31.6 Å². The van der Waals surface area contributed by atoms with Crippen LogP contribution in [0.2, 0.25) is 0 Å². The monoisotopic (exact) mass is 437 g/mol. The molecule has 0 amide bonds. The summed E-state index contributed by atoms with van der Waals surface area (Å²) < 4.78 is 90.5. The highest BCUT2D eigenvalue weighted by Gasteiger charge is 2.37. The van der Waals surface area contributed by atoms with Gasteiger partial charge in [-0.05, 0) is 48.2 Å². The number of carbonyl (C=O) groups excluding carboxylic acids is 1. The van der Waals surface area contributed by atoms with Crippen molar-refractivity contribution in [1.29, 1.82) is 0 Å². The van der Waals surface area contributed by atoms with Crippen molar-refractivity contribution in [2.75, 3.05) is 19.7 Å². The van der Waals surface area contributed by atoms with Gasteiger partial charge in [0.2, 0.25) is 0 Å². The van der Waals surface area contributed by atoms with Crippen molar-refractivity contribution in [3.05, 3.63) is 70.5 Å². The minimum absolute atomic E-state index is 0.0456. The van der Waals surface area contributed by atoms with Crippen molar-refractivity contribution < 1.29 is 40.6 Å². The number of benzene rings is 2. The van der Waals surface area contributed by atoms with Crippen molar-refractivity contribution in [1.82, 2.24) is 5.32 Å². The number of aliphatic hydroxyl groups is 1. The molecule has 1 unspecified atom stereocenters. The number of hydrogen-bond acceptors (Lipinski definition) is 3. The van der Waals surface area contributed by atoms with Crippen LogP contribution in [0.3, 0.4) is 0 Å². The summed E-state index contributed by atoms with van der Waals surface area (Å²) in [5.74, 6) is -1.75. The van der Waals surface area contributed by atoms with E-state index in [9.17, 15) is 40.6 Å². The number of ketones is 1. The maximum atomic E-state index is 13.0. The first-order valence-electron chi connectivity index (χ1n) is 8.81. The zero-order chi connectivity index (χ0) is 22.5. The molecule has 164 valence electrons. The van der Waals surface area contributed by atoms with Crippen molar-refractivity contribution in [3.63, 3.8) is 0 Å². The Balaban J connectivity index is 2.13. The van der Waals surface area contributed by atoms with Gasteiger partial charge in [0.05, 0.1) is 17.7 Å². The summed E-state index contributed by atoms with van der Waals surface area (Å²) in [4.78, 5) is 12.2. The van der Waals surface area contributed by atoms with E-state index in [0.29, 0.717) is 17.7 Å². The average molecular weight is 437 g/mol. The lowest BCUT2D eigenvalue weighted by Gasteiger charge is -2.17. The van der Waals surface area contributed by atoms with E-state index in [2.05, 4.69) is 5.32 Å². The van der Waals surface area contributed by atoms with Crippen LogP contribution < -0.4 is 5.32 Å². The molecule has 0 heterocycles. The first-order chi connectivity index (χ1) is 13.9. The van der Waals surface area contributed by atoms with Gasteiger partial charge < -0.3 is 10.4 Å². The molecule has 2 aromatic rings. The summed E-state index contributed by atoms with van der Waals surface area (Å²) in [7, 11) is 0. The standard InChI is InChI=1S/C20H18F7NO2/c21-17-3-1-12(2-4-17)13(5-6-29)10-28-11-18(30)14-7-15(19(22,23)24)9-16(8-14)20(25,26)27/h1-4,7-9,13,28-29H,5-6,10-11H2.